The highest BCUT2D eigenvalue weighted by Crippen LogP contribution is 2.47. The van der Waals surface area contributed by atoms with Crippen molar-refractivity contribution >= 4 is 17.4 Å². The van der Waals surface area contributed by atoms with Gasteiger partial charge in [-0.05, 0) is 57.0 Å². The van der Waals surface area contributed by atoms with E-state index in [1.54, 1.807) is 12.1 Å². The van der Waals surface area contributed by atoms with Crippen LogP contribution in [0.15, 0.2) is 36.7 Å². The van der Waals surface area contributed by atoms with Crippen LogP contribution in [0.25, 0.3) is 0 Å². The summed E-state index contributed by atoms with van der Waals surface area (Å²) in [6.07, 6.45) is 2.37. The van der Waals surface area contributed by atoms with E-state index in [-0.39, 0.29) is 11.3 Å². The average molecular weight is 326 g/mol. The van der Waals surface area contributed by atoms with E-state index in [1.807, 2.05) is 33.8 Å². The molecule has 0 atom stereocenters. The van der Waals surface area contributed by atoms with E-state index >= 15 is 0 Å². The van der Waals surface area contributed by atoms with Crippen LogP contribution in [0.5, 0.6) is 0 Å². The first-order valence-electron chi connectivity index (χ1n) is 7.76. The summed E-state index contributed by atoms with van der Waals surface area (Å²) in [6.45, 7) is 7.59. The molecule has 1 aliphatic carbocycles. The molecule has 0 saturated carbocycles. The standard InChI is InChI=1S/C19H19FN2O2/c1-18(2)13-6-5-11(9-14(13)19(3,4)17(18)24)22-16(23)12-7-8-21-10-15(12)20/h5-10H,1-4H3,(H,22,23). The minimum atomic E-state index is -0.673. The Hall–Kier alpha value is -2.56. The van der Waals surface area contributed by atoms with Crippen molar-refractivity contribution in [3.05, 3.63) is 59.2 Å². The summed E-state index contributed by atoms with van der Waals surface area (Å²) in [5.41, 5.74) is 1.14. The fourth-order valence-electron chi connectivity index (χ4n) is 3.47. The van der Waals surface area contributed by atoms with Gasteiger partial charge in [0.05, 0.1) is 11.8 Å². The number of fused-ring (bicyclic) bond motifs is 1. The van der Waals surface area contributed by atoms with Crippen molar-refractivity contribution in [2.45, 2.75) is 38.5 Å². The van der Waals surface area contributed by atoms with E-state index in [1.165, 1.54) is 12.3 Å². The second-order valence-electron chi connectivity index (χ2n) is 7.15. The summed E-state index contributed by atoms with van der Waals surface area (Å²) < 4.78 is 13.7. The number of rotatable bonds is 2. The third-order valence-electron chi connectivity index (χ3n) is 4.78. The molecule has 24 heavy (non-hydrogen) atoms. The van der Waals surface area contributed by atoms with Crippen molar-refractivity contribution in [3.8, 4) is 0 Å². The van der Waals surface area contributed by atoms with Crippen molar-refractivity contribution in [2.24, 2.45) is 0 Å². The van der Waals surface area contributed by atoms with E-state index in [4.69, 9.17) is 0 Å². The summed E-state index contributed by atoms with van der Waals surface area (Å²) in [7, 11) is 0. The van der Waals surface area contributed by atoms with E-state index in [2.05, 4.69) is 10.3 Å². The van der Waals surface area contributed by atoms with Gasteiger partial charge >= 0.3 is 0 Å². The van der Waals surface area contributed by atoms with Gasteiger partial charge in [0.2, 0.25) is 0 Å². The predicted octanol–water partition coefficient (Wildman–Crippen LogP) is 3.61. The van der Waals surface area contributed by atoms with Crippen LogP contribution in [0, 0.1) is 5.82 Å². The maximum absolute atomic E-state index is 13.7. The highest BCUT2D eigenvalue weighted by molar-refractivity contribution is 6.06. The third-order valence-corrected chi connectivity index (χ3v) is 4.78. The number of ketones is 1. The van der Waals surface area contributed by atoms with E-state index in [0.717, 1.165) is 17.3 Å². The zero-order chi connectivity index (χ0) is 17.7. The largest absolute Gasteiger partial charge is 0.322 e. The smallest absolute Gasteiger partial charge is 0.258 e. The van der Waals surface area contributed by atoms with E-state index < -0.39 is 22.6 Å². The number of carbonyl (C=O) groups is 2. The Bertz CT molecular complexity index is 856. The van der Waals surface area contributed by atoms with E-state index in [0.29, 0.717) is 5.69 Å². The van der Waals surface area contributed by atoms with Crippen molar-refractivity contribution in [2.75, 3.05) is 5.32 Å². The molecule has 1 amide bonds. The second kappa shape index (κ2) is 5.23. The maximum Gasteiger partial charge on any atom is 0.258 e. The molecule has 0 saturated heterocycles. The van der Waals surface area contributed by atoms with Gasteiger partial charge in [0.1, 0.15) is 0 Å². The molecular formula is C19H19FN2O2. The number of hydrogen-bond acceptors (Lipinski definition) is 3. The van der Waals surface area contributed by atoms with Crippen LogP contribution in [0.1, 0.15) is 49.2 Å². The second-order valence-corrected chi connectivity index (χ2v) is 7.15. The first-order valence-corrected chi connectivity index (χ1v) is 7.76. The molecule has 1 aliphatic rings. The molecular weight excluding hydrogens is 307 g/mol. The number of aromatic nitrogens is 1. The lowest BCUT2D eigenvalue weighted by Crippen LogP contribution is -2.33. The first kappa shape index (κ1) is 16.3. The number of benzene rings is 1. The quantitative estimate of drug-likeness (QED) is 0.917. The molecule has 1 aromatic carbocycles. The topological polar surface area (TPSA) is 59.1 Å². The van der Waals surface area contributed by atoms with Gasteiger partial charge in [-0.1, -0.05) is 6.07 Å². The Labute approximate surface area is 140 Å². The lowest BCUT2D eigenvalue weighted by Gasteiger charge is -2.21. The number of Topliss-reactive ketones (excluding diaryl/α,β-unsaturated/α-hetero) is 1. The molecule has 124 valence electrons. The van der Waals surface area contributed by atoms with Gasteiger partial charge in [0, 0.05) is 22.7 Å². The predicted molar refractivity (Wildman–Crippen MR) is 89.6 cm³/mol. The number of nitrogens with zero attached hydrogens (tertiary/aromatic N) is 1. The fraction of sp³-hybridized carbons (Fsp3) is 0.316. The Morgan fingerprint density at radius 1 is 1.08 bits per heavy atom. The molecule has 1 aromatic heterocycles. The molecule has 0 spiro atoms. The summed E-state index contributed by atoms with van der Waals surface area (Å²) in [5, 5.41) is 2.69. The van der Waals surface area contributed by atoms with Crippen LogP contribution in [-0.4, -0.2) is 16.7 Å². The van der Waals surface area contributed by atoms with Crippen molar-refractivity contribution in [1.29, 1.82) is 0 Å². The van der Waals surface area contributed by atoms with Crippen LogP contribution in [-0.2, 0) is 15.6 Å². The lowest BCUT2D eigenvalue weighted by atomic mass is 9.80. The number of carbonyl (C=O) groups excluding carboxylic acids is 2. The Kier molecular flexibility index (Phi) is 3.55. The Morgan fingerprint density at radius 3 is 2.42 bits per heavy atom. The number of hydrogen-bond donors (Lipinski definition) is 1. The molecule has 1 heterocycles. The highest BCUT2D eigenvalue weighted by Gasteiger charge is 2.50. The molecule has 0 radical (unpaired) electrons. The van der Waals surface area contributed by atoms with Crippen molar-refractivity contribution in [3.63, 3.8) is 0 Å². The fourth-order valence-corrected chi connectivity index (χ4v) is 3.47. The molecule has 3 rings (SSSR count). The summed E-state index contributed by atoms with van der Waals surface area (Å²) in [6, 6.07) is 6.74. The summed E-state index contributed by atoms with van der Waals surface area (Å²) in [5.74, 6) is -1.07. The number of halogens is 1. The van der Waals surface area contributed by atoms with Gasteiger partial charge in [0.15, 0.2) is 11.6 Å². The van der Waals surface area contributed by atoms with Crippen LogP contribution < -0.4 is 5.32 Å². The van der Waals surface area contributed by atoms with Gasteiger partial charge in [-0.3, -0.25) is 14.6 Å². The van der Waals surface area contributed by atoms with Crippen LogP contribution in [0.3, 0.4) is 0 Å². The van der Waals surface area contributed by atoms with Gasteiger partial charge in [0.25, 0.3) is 5.91 Å². The third kappa shape index (κ3) is 2.31. The summed E-state index contributed by atoms with van der Waals surface area (Å²) >= 11 is 0. The number of anilines is 1. The zero-order valence-corrected chi connectivity index (χ0v) is 14.1. The first-order chi connectivity index (χ1) is 11.2. The van der Waals surface area contributed by atoms with Gasteiger partial charge in [-0.15, -0.1) is 0 Å². The lowest BCUT2D eigenvalue weighted by molar-refractivity contribution is -0.126. The van der Waals surface area contributed by atoms with Crippen LogP contribution >= 0.6 is 0 Å². The molecule has 5 heteroatoms. The zero-order valence-electron chi connectivity index (χ0n) is 14.1. The SMILES string of the molecule is CC1(C)C(=O)C(C)(C)c2cc(NC(=O)c3ccncc3F)ccc21. The van der Waals surface area contributed by atoms with Gasteiger partial charge < -0.3 is 5.32 Å². The van der Waals surface area contributed by atoms with Crippen molar-refractivity contribution < 1.29 is 14.0 Å². The number of amides is 1. The number of nitrogens with one attached hydrogen (secondary N) is 1. The molecule has 4 nitrogen and oxygen atoms in total. The normalized spacial score (nSPS) is 17.5. The molecule has 0 aliphatic heterocycles. The van der Waals surface area contributed by atoms with E-state index in [9.17, 15) is 14.0 Å². The minimum absolute atomic E-state index is 0.0684. The summed E-state index contributed by atoms with van der Waals surface area (Å²) in [4.78, 5) is 28.5. The molecule has 0 fully saturated rings. The maximum atomic E-state index is 13.7. The van der Waals surface area contributed by atoms with Gasteiger partial charge in [-0.25, -0.2) is 4.39 Å². The highest BCUT2D eigenvalue weighted by atomic mass is 19.1. The minimum Gasteiger partial charge on any atom is -0.322 e. The van der Waals surface area contributed by atoms with Crippen LogP contribution in [0.4, 0.5) is 10.1 Å². The Balaban J connectivity index is 1.97. The number of pyridine rings is 1. The molecule has 1 N–H and O–H groups in total. The van der Waals surface area contributed by atoms with Crippen molar-refractivity contribution in [1.82, 2.24) is 4.98 Å². The average Bonchev–Trinajstić information content (AvgIpc) is 2.66. The molecule has 2 aromatic rings. The molecule has 0 bridgehead atoms. The molecule has 0 unspecified atom stereocenters. The monoisotopic (exact) mass is 326 g/mol. The van der Waals surface area contributed by atoms with Gasteiger partial charge in [-0.2, -0.15) is 0 Å². The Morgan fingerprint density at radius 2 is 1.75 bits per heavy atom. The van der Waals surface area contributed by atoms with Crippen LogP contribution in [0.2, 0.25) is 0 Å².